The Morgan fingerprint density at radius 3 is 2.59 bits per heavy atom. The van der Waals surface area contributed by atoms with E-state index in [4.69, 9.17) is 0 Å². The summed E-state index contributed by atoms with van der Waals surface area (Å²) in [5.41, 5.74) is 4.71. The van der Waals surface area contributed by atoms with Gasteiger partial charge < -0.3 is 10.1 Å². The fourth-order valence-corrected chi connectivity index (χ4v) is 4.67. The first-order chi connectivity index (χ1) is 16.4. The van der Waals surface area contributed by atoms with Gasteiger partial charge in [-0.25, -0.2) is 4.68 Å². The molecule has 2 aromatic carbocycles. The lowest BCUT2D eigenvalue weighted by Crippen LogP contribution is -2.37. The average molecular weight is 461 g/mol. The fourth-order valence-electron chi connectivity index (χ4n) is 4.67. The first-order valence-electron chi connectivity index (χ1n) is 11.7. The van der Waals surface area contributed by atoms with Crippen molar-refractivity contribution in [3.8, 4) is 0 Å². The number of aliphatic hydroxyl groups excluding tert-OH is 1. The summed E-state index contributed by atoms with van der Waals surface area (Å²) in [5, 5.41) is 23.5. The van der Waals surface area contributed by atoms with E-state index in [0.717, 1.165) is 33.4 Å². The normalized spacial score (nSPS) is 12.7. The molecular formula is C26H32N6O2. The molecule has 1 atom stereocenters. The minimum atomic E-state index is -0.180. The zero-order chi connectivity index (χ0) is 24.2. The highest BCUT2D eigenvalue weighted by Crippen LogP contribution is 2.29. The van der Waals surface area contributed by atoms with Gasteiger partial charge in [-0.15, -0.1) is 5.10 Å². The first-order valence-corrected chi connectivity index (χ1v) is 11.7. The van der Waals surface area contributed by atoms with Gasteiger partial charge in [0.1, 0.15) is 0 Å². The maximum atomic E-state index is 13.0. The number of hydrogen-bond acceptors (Lipinski definition) is 6. The topological polar surface area (TPSA) is 99.9 Å². The molecule has 2 aromatic heterocycles. The molecule has 1 unspecified atom stereocenters. The van der Waals surface area contributed by atoms with Crippen LogP contribution in [0.1, 0.15) is 48.0 Å². The van der Waals surface area contributed by atoms with Crippen LogP contribution in [0.15, 0.2) is 53.3 Å². The molecule has 0 spiro atoms. The molecule has 34 heavy (non-hydrogen) atoms. The van der Waals surface area contributed by atoms with Gasteiger partial charge in [-0.3, -0.25) is 9.69 Å². The van der Waals surface area contributed by atoms with Gasteiger partial charge in [0.05, 0.1) is 19.2 Å². The third-order valence-electron chi connectivity index (χ3n) is 6.17. The predicted octanol–water partition coefficient (Wildman–Crippen LogP) is 3.37. The Balaban J connectivity index is 1.70. The van der Waals surface area contributed by atoms with E-state index in [0.29, 0.717) is 25.2 Å². The van der Waals surface area contributed by atoms with E-state index in [1.807, 2.05) is 54.1 Å². The Labute approximate surface area is 199 Å². The highest BCUT2D eigenvalue weighted by atomic mass is 16.3. The maximum absolute atomic E-state index is 13.0. The van der Waals surface area contributed by atoms with Gasteiger partial charge in [-0.05, 0) is 59.0 Å². The quantitative estimate of drug-likeness (QED) is 0.397. The summed E-state index contributed by atoms with van der Waals surface area (Å²) in [4.78, 5) is 18.1. The third kappa shape index (κ3) is 5.08. The number of aromatic amines is 1. The van der Waals surface area contributed by atoms with Crippen molar-refractivity contribution >= 4 is 10.9 Å². The lowest BCUT2D eigenvalue weighted by Gasteiger charge is -2.33. The second kappa shape index (κ2) is 10.3. The van der Waals surface area contributed by atoms with Crippen molar-refractivity contribution in [3.05, 3.63) is 87.0 Å². The van der Waals surface area contributed by atoms with Crippen LogP contribution in [0.3, 0.4) is 0 Å². The monoisotopic (exact) mass is 460 g/mol. The number of nitrogens with zero attached hydrogens (tertiary/aromatic N) is 5. The highest BCUT2D eigenvalue weighted by molar-refractivity contribution is 5.83. The maximum Gasteiger partial charge on any atom is 0.252 e. The molecule has 8 heteroatoms. The van der Waals surface area contributed by atoms with Crippen LogP contribution in [0.4, 0.5) is 0 Å². The molecule has 178 valence electrons. The van der Waals surface area contributed by atoms with Crippen LogP contribution >= 0.6 is 0 Å². The Kier molecular flexibility index (Phi) is 7.19. The van der Waals surface area contributed by atoms with Crippen LogP contribution < -0.4 is 5.56 Å². The van der Waals surface area contributed by atoms with Crippen LogP contribution in [0.5, 0.6) is 0 Å². The third-order valence-corrected chi connectivity index (χ3v) is 6.17. The molecule has 0 radical (unpaired) electrons. The number of benzene rings is 2. The average Bonchev–Trinajstić information content (AvgIpc) is 3.22. The number of rotatable bonds is 9. The van der Waals surface area contributed by atoms with E-state index < -0.39 is 0 Å². The number of aromatic nitrogens is 5. The van der Waals surface area contributed by atoms with Crippen LogP contribution in [0.2, 0.25) is 0 Å². The molecule has 4 rings (SSSR count). The summed E-state index contributed by atoms with van der Waals surface area (Å²) in [6.45, 7) is 9.57. The van der Waals surface area contributed by atoms with E-state index in [1.54, 1.807) is 0 Å². The minimum Gasteiger partial charge on any atom is -0.395 e. The van der Waals surface area contributed by atoms with Crippen molar-refractivity contribution in [3.63, 3.8) is 0 Å². The second-order valence-corrected chi connectivity index (χ2v) is 9.23. The van der Waals surface area contributed by atoms with Gasteiger partial charge in [0.15, 0.2) is 5.82 Å². The van der Waals surface area contributed by atoms with Crippen LogP contribution in [-0.4, -0.2) is 48.3 Å². The lowest BCUT2D eigenvalue weighted by molar-refractivity contribution is 0.106. The molecule has 0 saturated carbocycles. The van der Waals surface area contributed by atoms with Gasteiger partial charge in [0, 0.05) is 29.6 Å². The summed E-state index contributed by atoms with van der Waals surface area (Å²) < 4.78 is 1.81. The van der Waals surface area contributed by atoms with E-state index >= 15 is 0 Å². The minimum absolute atomic E-state index is 0.0345. The van der Waals surface area contributed by atoms with Crippen LogP contribution in [0.25, 0.3) is 10.9 Å². The van der Waals surface area contributed by atoms with Crippen molar-refractivity contribution in [1.82, 2.24) is 30.1 Å². The number of H-pyrrole nitrogens is 1. The number of aryl methyl sites for hydroxylation is 2. The first kappa shape index (κ1) is 23.8. The highest BCUT2D eigenvalue weighted by Gasteiger charge is 2.29. The summed E-state index contributed by atoms with van der Waals surface area (Å²) in [5.74, 6) is 0.868. The molecule has 0 amide bonds. The van der Waals surface area contributed by atoms with Crippen molar-refractivity contribution in [2.75, 3.05) is 13.2 Å². The molecule has 2 heterocycles. The largest absolute Gasteiger partial charge is 0.395 e. The zero-order valence-electron chi connectivity index (χ0n) is 20.2. The molecule has 0 fully saturated rings. The summed E-state index contributed by atoms with van der Waals surface area (Å²) in [6, 6.07) is 15.9. The SMILES string of the molecule is Cc1cc(C)c2cc(CN(CCO)C(c3nnnn3Cc3ccccc3)C(C)C)c(=O)[nH]c2c1. The lowest BCUT2D eigenvalue weighted by atomic mass is 9.99. The number of nitrogens with one attached hydrogen (secondary N) is 1. The number of aliphatic hydroxyl groups is 1. The van der Waals surface area contributed by atoms with Gasteiger partial charge in [0.2, 0.25) is 0 Å². The Morgan fingerprint density at radius 1 is 1.12 bits per heavy atom. The molecular weight excluding hydrogens is 428 g/mol. The molecule has 0 aliphatic heterocycles. The van der Waals surface area contributed by atoms with Gasteiger partial charge in [0.25, 0.3) is 5.56 Å². The zero-order valence-corrected chi connectivity index (χ0v) is 20.2. The van der Waals surface area contributed by atoms with Gasteiger partial charge in [-0.1, -0.05) is 50.2 Å². The van der Waals surface area contributed by atoms with Crippen LogP contribution in [0, 0.1) is 19.8 Å². The van der Waals surface area contributed by atoms with Crippen molar-refractivity contribution in [1.29, 1.82) is 0 Å². The second-order valence-electron chi connectivity index (χ2n) is 9.23. The Morgan fingerprint density at radius 2 is 1.88 bits per heavy atom. The van der Waals surface area contributed by atoms with E-state index in [1.165, 1.54) is 0 Å². The summed E-state index contributed by atoms with van der Waals surface area (Å²) in [6.07, 6.45) is 0. The summed E-state index contributed by atoms with van der Waals surface area (Å²) >= 11 is 0. The van der Waals surface area contributed by atoms with Crippen molar-refractivity contribution < 1.29 is 5.11 Å². The number of fused-ring (bicyclic) bond motifs is 1. The van der Waals surface area contributed by atoms with Crippen molar-refractivity contribution in [2.45, 2.75) is 46.8 Å². The molecule has 0 aliphatic rings. The molecule has 8 nitrogen and oxygen atoms in total. The molecule has 0 saturated heterocycles. The molecule has 4 aromatic rings. The van der Waals surface area contributed by atoms with Crippen LogP contribution in [-0.2, 0) is 13.1 Å². The van der Waals surface area contributed by atoms with E-state index in [2.05, 4.69) is 52.2 Å². The smallest absolute Gasteiger partial charge is 0.252 e. The van der Waals surface area contributed by atoms with Crippen molar-refractivity contribution in [2.24, 2.45) is 5.92 Å². The summed E-state index contributed by atoms with van der Waals surface area (Å²) in [7, 11) is 0. The Hall–Kier alpha value is -3.36. The fraction of sp³-hybridized carbons (Fsp3) is 0.385. The molecule has 0 bridgehead atoms. The number of pyridine rings is 1. The van der Waals surface area contributed by atoms with Gasteiger partial charge >= 0.3 is 0 Å². The number of tetrazole rings is 1. The van der Waals surface area contributed by atoms with E-state index in [9.17, 15) is 9.90 Å². The Bertz CT molecular complexity index is 1310. The molecule has 2 N–H and O–H groups in total. The number of hydrogen-bond donors (Lipinski definition) is 2. The standard InChI is InChI=1S/C26H32N6O2/c1-17(2)24(25-28-29-30-32(25)15-20-8-6-5-7-9-20)31(10-11-33)16-21-14-22-19(4)12-18(3)13-23(22)27-26(21)34/h5-9,12-14,17,24,33H,10-11,15-16H2,1-4H3,(H,27,34). The molecule has 0 aliphatic carbocycles. The predicted molar refractivity (Wildman–Crippen MR) is 132 cm³/mol. The van der Waals surface area contributed by atoms with E-state index in [-0.39, 0.29) is 24.1 Å². The van der Waals surface area contributed by atoms with Gasteiger partial charge in [-0.2, -0.15) is 0 Å².